The zero-order valence-corrected chi connectivity index (χ0v) is 30.3. The van der Waals surface area contributed by atoms with Crippen molar-refractivity contribution in [1.29, 1.82) is 0 Å². The van der Waals surface area contributed by atoms with Crippen molar-refractivity contribution in [3.05, 3.63) is 200 Å². The van der Waals surface area contributed by atoms with Crippen LogP contribution in [0.15, 0.2) is 200 Å². The number of aromatic nitrogens is 5. The van der Waals surface area contributed by atoms with Crippen molar-refractivity contribution < 1.29 is 0 Å². The maximum Gasteiger partial charge on any atom is 0.238 e. The van der Waals surface area contributed by atoms with E-state index in [0.29, 0.717) is 17.6 Å². The fourth-order valence-corrected chi connectivity index (χ4v) is 8.36. The molecule has 0 spiro atoms. The first-order valence-corrected chi connectivity index (χ1v) is 18.9. The summed E-state index contributed by atoms with van der Waals surface area (Å²) in [7, 11) is 0. The Labute approximate surface area is 323 Å². The highest BCUT2D eigenvalue weighted by atomic mass is 15.2. The third-order valence-corrected chi connectivity index (χ3v) is 10.8. The Kier molecular flexibility index (Phi) is 7.42. The van der Waals surface area contributed by atoms with Crippen molar-refractivity contribution in [2.24, 2.45) is 0 Å². The van der Waals surface area contributed by atoms with Crippen LogP contribution in [0.2, 0.25) is 0 Å². The van der Waals surface area contributed by atoms with E-state index in [9.17, 15) is 0 Å². The fraction of sp³-hybridized carbons (Fsp3) is 0. The summed E-state index contributed by atoms with van der Waals surface area (Å²) in [6.45, 7) is 0. The monoisotopic (exact) mass is 715 g/mol. The Morgan fingerprint density at radius 3 is 1.16 bits per heavy atom. The lowest BCUT2D eigenvalue weighted by Gasteiger charge is -2.19. The van der Waals surface area contributed by atoms with Crippen LogP contribution < -0.4 is 0 Å². The molecule has 3 heterocycles. The van der Waals surface area contributed by atoms with Gasteiger partial charge in [0.05, 0.1) is 27.8 Å². The average molecular weight is 716 g/mol. The zero-order chi connectivity index (χ0) is 37.0. The molecule has 56 heavy (non-hydrogen) atoms. The van der Waals surface area contributed by atoms with Gasteiger partial charge in [0.15, 0.2) is 11.6 Å². The van der Waals surface area contributed by atoms with E-state index >= 15 is 0 Å². The summed E-state index contributed by atoms with van der Waals surface area (Å²) in [5, 5.41) is 4.67. The van der Waals surface area contributed by atoms with E-state index in [1.165, 1.54) is 33.0 Å². The van der Waals surface area contributed by atoms with Crippen molar-refractivity contribution >= 4 is 43.6 Å². The molecule has 0 saturated heterocycles. The molecular weight excluding hydrogens is 683 g/mol. The molecule has 0 amide bonds. The second kappa shape index (κ2) is 13.0. The normalized spacial score (nSPS) is 11.6. The quantitative estimate of drug-likeness (QED) is 0.172. The molecule has 11 aromatic rings. The Hall–Kier alpha value is -7.63. The lowest BCUT2D eigenvalue weighted by atomic mass is 9.95. The Morgan fingerprint density at radius 2 is 0.679 bits per heavy atom. The van der Waals surface area contributed by atoms with Gasteiger partial charge in [0, 0.05) is 43.8 Å². The fourth-order valence-electron chi connectivity index (χ4n) is 8.36. The van der Waals surface area contributed by atoms with Crippen LogP contribution in [0, 0.1) is 0 Å². The molecule has 0 aliphatic carbocycles. The standard InChI is InChI=1S/C51H33N5/c1-5-18-34(19-6-1)38-28-17-29-39(35-20-7-2-8-21-35)48(38)55-42-30-15-13-26-40(42)46-44(55)32-33-45-47(46)41-27-14-16-31-43(41)56(45)51-53-49(36-22-9-3-10-23-36)52-50(54-51)37-24-11-4-12-25-37/h1-33H. The van der Waals surface area contributed by atoms with Gasteiger partial charge in [0.25, 0.3) is 0 Å². The van der Waals surface area contributed by atoms with Crippen molar-refractivity contribution in [2.45, 2.75) is 0 Å². The summed E-state index contributed by atoms with van der Waals surface area (Å²) < 4.78 is 4.69. The highest BCUT2D eigenvalue weighted by Crippen LogP contribution is 2.45. The van der Waals surface area contributed by atoms with Crippen LogP contribution >= 0.6 is 0 Å². The molecule has 0 saturated carbocycles. The van der Waals surface area contributed by atoms with Crippen molar-refractivity contribution in [2.75, 3.05) is 0 Å². The van der Waals surface area contributed by atoms with Crippen LogP contribution in [0.3, 0.4) is 0 Å². The lowest BCUT2D eigenvalue weighted by molar-refractivity contribution is 0.953. The number of rotatable bonds is 6. The smallest absolute Gasteiger partial charge is 0.238 e. The number of para-hydroxylation sites is 3. The largest absolute Gasteiger partial charge is 0.308 e. The molecule has 0 radical (unpaired) electrons. The van der Waals surface area contributed by atoms with E-state index < -0.39 is 0 Å². The van der Waals surface area contributed by atoms with Crippen LogP contribution in [0.4, 0.5) is 0 Å². The molecule has 0 aliphatic heterocycles. The van der Waals surface area contributed by atoms with Crippen molar-refractivity contribution in [3.63, 3.8) is 0 Å². The van der Waals surface area contributed by atoms with E-state index in [1.807, 2.05) is 36.4 Å². The minimum atomic E-state index is 0.577. The Balaban J connectivity index is 1.26. The van der Waals surface area contributed by atoms with Crippen LogP contribution in [0.5, 0.6) is 0 Å². The number of hydrogen-bond acceptors (Lipinski definition) is 3. The predicted molar refractivity (Wildman–Crippen MR) is 230 cm³/mol. The van der Waals surface area contributed by atoms with Crippen LogP contribution in [-0.4, -0.2) is 24.1 Å². The molecule has 5 heteroatoms. The average Bonchev–Trinajstić information content (AvgIpc) is 3.80. The van der Waals surface area contributed by atoms with Gasteiger partial charge >= 0.3 is 0 Å². The molecule has 5 nitrogen and oxygen atoms in total. The summed E-state index contributed by atoms with van der Waals surface area (Å²) in [6.07, 6.45) is 0. The number of hydrogen-bond donors (Lipinski definition) is 0. The third kappa shape index (κ3) is 5.06. The summed E-state index contributed by atoms with van der Waals surface area (Å²) in [4.78, 5) is 15.4. The van der Waals surface area contributed by atoms with Gasteiger partial charge in [-0.05, 0) is 35.4 Å². The van der Waals surface area contributed by atoms with Gasteiger partial charge in [0.1, 0.15) is 0 Å². The molecule has 8 aromatic carbocycles. The van der Waals surface area contributed by atoms with Crippen LogP contribution in [-0.2, 0) is 0 Å². The summed E-state index contributed by atoms with van der Waals surface area (Å²) in [6, 6.07) is 70.4. The summed E-state index contributed by atoms with van der Waals surface area (Å²) in [5.74, 6) is 1.83. The molecule has 0 bridgehead atoms. The Bertz CT molecular complexity index is 3110. The van der Waals surface area contributed by atoms with Crippen molar-refractivity contribution in [1.82, 2.24) is 24.1 Å². The number of fused-ring (bicyclic) bond motifs is 7. The molecule has 0 N–H and O–H groups in total. The van der Waals surface area contributed by atoms with E-state index in [-0.39, 0.29) is 0 Å². The first kappa shape index (κ1) is 31.9. The minimum Gasteiger partial charge on any atom is -0.308 e. The SMILES string of the molecule is c1ccc(-c2nc(-c3ccccc3)nc(-n3c4ccccc4c4c5c6ccccc6n(-c6c(-c7ccccc7)cccc6-c6ccccc6)c5ccc43)n2)cc1. The van der Waals surface area contributed by atoms with E-state index in [2.05, 4.69) is 173 Å². The number of nitrogens with zero attached hydrogens (tertiary/aromatic N) is 5. The predicted octanol–water partition coefficient (Wildman–Crippen LogP) is 12.7. The highest BCUT2D eigenvalue weighted by Gasteiger charge is 2.24. The summed E-state index contributed by atoms with van der Waals surface area (Å²) >= 11 is 0. The van der Waals surface area contributed by atoms with E-state index in [0.717, 1.165) is 49.7 Å². The molecule has 11 rings (SSSR count). The first-order valence-electron chi connectivity index (χ1n) is 18.9. The van der Waals surface area contributed by atoms with Gasteiger partial charge in [0.2, 0.25) is 5.95 Å². The highest BCUT2D eigenvalue weighted by molar-refractivity contribution is 6.29. The zero-order valence-electron chi connectivity index (χ0n) is 30.3. The molecule has 3 aromatic heterocycles. The second-order valence-electron chi connectivity index (χ2n) is 14.0. The molecular formula is C51H33N5. The van der Waals surface area contributed by atoms with E-state index in [1.54, 1.807) is 0 Å². The minimum absolute atomic E-state index is 0.577. The van der Waals surface area contributed by atoms with Crippen LogP contribution in [0.1, 0.15) is 0 Å². The number of benzene rings is 8. The maximum atomic E-state index is 5.19. The molecule has 0 aliphatic rings. The van der Waals surface area contributed by atoms with Gasteiger partial charge in [-0.2, -0.15) is 9.97 Å². The second-order valence-corrected chi connectivity index (χ2v) is 14.0. The van der Waals surface area contributed by atoms with Gasteiger partial charge in [-0.1, -0.05) is 176 Å². The first-order chi connectivity index (χ1) is 27.8. The third-order valence-electron chi connectivity index (χ3n) is 10.8. The molecule has 0 unspecified atom stereocenters. The van der Waals surface area contributed by atoms with Gasteiger partial charge in [-0.25, -0.2) is 4.98 Å². The summed E-state index contributed by atoms with van der Waals surface area (Å²) in [5.41, 5.74) is 12.0. The molecule has 0 atom stereocenters. The maximum absolute atomic E-state index is 5.19. The molecule has 262 valence electrons. The van der Waals surface area contributed by atoms with Gasteiger partial charge < -0.3 is 4.57 Å². The van der Waals surface area contributed by atoms with E-state index in [4.69, 9.17) is 15.0 Å². The Morgan fingerprint density at radius 1 is 0.286 bits per heavy atom. The lowest BCUT2D eigenvalue weighted by Crippen LogP contribution is -2.06. The molecule has 0 fully saturated rings. The van der Waals surface area contributed by atoms with Crippen molar-refractivity contribution in [3.8, 4) is 56.7 Å². The van der Waals surface area contributed by atoms with Gasteiger partial charge in [-0.15, -0.1) is 0 Å². The van der Waals surface area contributed by atoms with Crippen LogP contribution in [0.25, 0.3) is 100 Å². The van der Waals surface area contributed by atoms with Gasteiger partial charge in [-0.3, -0.25) is 4.57 Å². The topological polar surface area (TPSA) is 48.5 Å².